The summed E-state index contributed by atoms with van der Waals surface area (Å²) in [4.78, 5) is 6.87. The number of aromatic nitrogens is 2. The van der Waals surface area contributed by atoms with Crippen molar-refractivity contribution in [3.8, 4) is 0 Å². The smallest absolute Gasteiger partial charge is 0.150 e. The minimum absolute atomic E-state index is 0.257. The summed E-state index contributed by atoms with van der Waals surface area (Å²) in [6.07, 6.45) is 4.42. The Morgan fingerprint density at radius 1 is 1.37 bits per heavy atom. The molecule has 3 heterocycles. The molecule has 1 fully saturated rings. The van der Waals surface area contributed by atoms with Crippen molar-refractivity contribution in [3.05, 3.63) is 22.0 Å². The number of morpholine rings is 1. The van der Waals surface area contributed by atoms with Crippen LogP contribution in [0.5, 0.6) is 0 Å². The number of nitrogens with zero attached hydrogens (tertiary/aromatic N) is 3. The van der Waals surface area contributed by atoms with Crippen LogP contribution in [0.1, 0.15) is 13.8 Å². The number of hydrogen-bond donors (Lipinski definition) is 1. The summed E-state index contributed by atoms with van der Waals surface area (Å²) < 4.78 is 8.72. The van der Waals surface area contributed by atoms with Crippen molar-refractivity contribution in [1.29, 1.82) is 0 Å². The molecule has 0 aromatic carbocycles. The van der Waals surface area contributed by atoms with Gasteiger partial charge in [0.15, 0.2) is 5.65 Å². The first-order valence-electron chi connectivity index (χ1n) is 6.31. The zero-order valence-electron chi connectivity index (χ0n) is 10.9. The number of rotatable bonds is 1. The number of pyridine rings is 1. The summed E-state index contributed by atoms with van der Waals surface area (Å²) in [6.45, 7) is 6.05. The quantitative estimate of drug-likeness (QED) is 0.601. The van der Waals surface area contributed by atoms with Gasteiger partial charge in [0.05, 0.1) is 24.1 Å². The number of hydrogen-bond acceptors (Lipinski definition) is 4. The average molecular weight is 389 g/mol. The van der Waals surface area contributed by atoms with E-state index < -0.39 is 0 Å². The van der Waals surface area contributed by atoms with Gasteiger partial charge in [-0.3, -0.25) is 3.97 Å². The molecule has 3 rings (SSSR count). The fourth-order valence-electron chi connectivity index (χ4n) is 2.60. The van der Waals surface area contributed by atoms with E-state index in [0.29, 0.717) is 0 Å². The third-order valence-electron chi connectivity index (χ3n) is 3.35. The van der Waals surface area contributed by atoms with Crippen LogP contribution >= 0.6 is 35.4 Å². The minimum Gasteiger partial charge on any atom is -0.372 e. The van der Waals surface area contributed by atoms with Gasteiger partial charge in [0.2, 0.25) is 0 Å². The van der Waals surface area contributed by atoms with Crippen LogP contribution in [-0.4, -0.2) is 34.3 Å². The lowest BCUT2D eigenvalue weighted by molar-refractivity contribution is -0.00522. The van der Waals surface area contributed by atoms with E-state index in [0.717, 1.165) is 29.8 Å². The first kappa shape index (κ1) is 13.5. The van der Waals surface area contributed by atoms with E-state index in [1.165, 1.54) is 3.57 Å². The molecular weight excluding hydrogens is 373 g/mol. The summed E-state index contributed by atoms with van der Waals surface area (Å²) in [5, 5.41) is 1.15. The van der Waals surface area contributed by atoms with Crippen LogP contribution in [0.3, 0.4) is 0 Å². The average Bonchev–Trinajstić information content (AvgIpc) is 2.63. The molecule has 1 aliphatic rings. The van der Waals surface area contributed by atoms with Gasteiger partial charge in [-0.25, -0.2) is 4.98 Å². The van der Waals surface area contributed by atoms with E-state index in [1.54, 1.807) is 3.97 Å². The van der Waals surface area contributed by atoms with Crippen molar-refractivity contribution in [2.24, 2.45) is 0 Å². The second-order valence-corrected chi connectivity index (χ2v) is 6.64. The Morgan fingerprint density at radius 3 is 2.74 bits per heavy atom. The third-order valence-corrected chi connectivity index (χ3v) is 4.51. The largest absolute Gasteiger partial charge is 0.372 e. The van der Waals surface area contributed by atoms with Gasteiger partial charge in [-0.1, -0.05) is 12.8 Å². The van der Waals surface area contributed by atoms with Crippen molar-refractivity contribution < 1.29 is 4.74 Å². The van der Waals surface area contributed by atoms with Crippen molar-refractivity contribution in [2.45, 2.75) is 26.1 Å². The fraction of sp³-hybridized carbons (Fsp3) is 0.462. The summed E-state index contributed by atoms with van der Waals surface area (Å²) in [5.41, 5.74) is 2.07. The second-order valence-electron chi connectivity index (χ2n) is 5.05. The van der Waals surface area contributed by atoms with E-state index in [9.17, 15) is 0 Å². The number of ether oxygens (including phenoxy) is 1. The van der Waals surface area contributed by atoms with Gasteiger partial charge in [0, 0.05) is 28.2 Å². The van der Waals surface area contributed by atoms with Crippen LogP contribution in [0, 0.1) is 3.57 Å². The first-order chi connectivity index (χ1) is 9.04. The lowest BCUT2D eigenvalue weighted by atomic mass is 10.2. The molecule has 2 atom stereocenters. The summed E-state index contributed by atoms with van der Waals surface area (Å²) >= 11 is 6.70. The normalized spacial score (nSPS) is 24.1. The van der Waals surface area contributed by atoms with Gasteiger partial charge in [-0.05, 0) is 42.5 Å². The predicted octanol–water partition coefficient (Wildman–Crippen LogP) is 2.95. The molecule has 2 aromatic heterocycles. The Kier molecular flexibility index (Phi) is 3.65. The lowest BCUT2D eigenvalue weighted by Gasteiger charge is -2.36. The maximum Gasteiger partial charge on any atom is 0.150 e. The fourth-order valence-corrected chi connectivity index (χ4v) is 3.78. The van der Waals surface area contributed by atoms with Crippen molar-refractivity contribution in [1.82, 2.24) is 8.96 Å². The highest BCUT2D eigenvalue weighted by Gasteiger charge is 2.23. The van der Waals surface area contributed by atoms with E-state index >= 15 is 0 Å². The number of fused-ring (bicyclic) bond motifs is 1. The molecule has 0 bridgehead atoms. The van der Waals surface area contributed by atoms with Crippen molar-refractivity contribution in [2.75, 3.05) is 18.0 Å². The molecule has 2 aromatic rings. The van der Waals surface area contributed by atoms with E-state index in [-0.39, 0.29) is 12.2 Å². The molecule has 0 saturated carbocycles. The highest BCUT2D eigenvalue weighted by atomic mass is 127. The minimum atomic E-state index is 0.257. The lowest BCUT2D eigenvalue weighted by Crippen LogP contribution is -2.45. The van der Waals surface area contributed by atoms with E-state index in [2.05, 4.69) is 65.2 Å². The number of thiol groups is 1. The van der Waals surface area contributed by atoms with Crippen LogP contribution in [0.2, 0.25) is 0 Å². The highest BCUT2D eigenvalue weighted by molar-refractivity contribution is 14.1. The molecule has 1 aliphatic heterocycles. The van der Waals surface area contributed by atoms with Crippen LogP contribution in [-0.2, 0) is 4.74 Å². The van der Waals surface area contributed by atoms with Crippen LogP contribution in [0.4, 0.5) is 5.69 Å². The molecule has 0 spiro atoms. The molecule has 0 unspecified atom stereocenters. The Labute approximate surface area is 131 Å². The van der Waals surface area contributed by atoms with E-state index in [1.807, 2.05) is 12.4 Å². The van der Waals surface area contributed by atoms with Crippen LogP contribution in [0.25, 0.3) is 11.0 Å². The summed E-state index contributed by atoms with van der Waals surface area (Å²) in [7, 11) is 0. The van der Waals surface area contributed by atoms with Gasteiger partial charge in [-0.2, -0.15) is 0 Å². The molecule has 1 saturated heterocycles. The maximum atomic E-state index is 5.77. The maximum absolute atomic E-state index is 5.77. The Balaban J connectivity index is 1.98. The standard InChI is InChI=1S/C13H16IN3OS/c1-8-5-16(6-9(2)18-8)10-3-11-12(14)7-17(19)13(11)15-4-10/h3-4,7-9,19H,5-6H2,1-2H3/t8-,9-/m1/s1. The predicted molar refractivity (Wildman–Crippen MR) is 89.1 cm³/mol. The zero-order valence-corrected chi connectivity index (χ0v) is 13.9. The Morgan fingerprint density at radius 2 is 2.05 bits per heavy atom. The molecule has 102 valence electrons. The molecule has 0 N–H and O–H groups in total. The van der Waals surface area contributed by atoms with Gasteiger partial charge >= 0.3 is 0 Å². The zero-order chi connectivity index (χ0) is 13.6. The van der Waals surface area contributed by atoms with Crippen molar-refractivity contribution in [3.63, 3.8) is 0 Å². The molecule has 19 heavy (non-hydrogen) atoms. The molecule has 6 heteroatoms. The number of anilines is 1. The van der Waals surface area contributed by atoms with E-state index in [4.69, 9.17) is 4.74 Å². The Bertz CT molecular complexity index is 605. The first-order valence-corrected chi connectivity index (χ1v) is 7.78. The number of halogens is 1. The Hall–Kier alpha value is -0.470. The van der Waals surface area contributed by atoms with Crippen LogP contribution in [0.15, 0.2) is 18.5 Å². The molecule has 0 radical (unpaired) electrons. The summed E-state index contributed by atoms with van der Waals surface area (Å²) in [6, 6.07) is 2.20. The van der Waals surface area contributed by atoms with Gasteiger partial charge in [0.25, 0.3) is 0 Å². The molecular formula is C13H16IN3OS. The molecule has 4 nitrogen and oxygen atoms in total. The highest BCUT2D eigenvalue weighted by Crippen LogP contribution is 2.27. The monoisotopic (exact) mass is 389 g/mol. The van der Waals surface area contributed by atoms with Crippen molar-refractivity contribution >= 4 is 52.1 Å². The topological polar surface area (TPSA) is 30.3 Å². The second kappa shape index (κ2) is 5.14. The SMILES string of the molecule is C[C@@H]1CN(c2cnc3c(c2)c(I)cn3S)C[C@@H](C)O1. The van der Waals surface area contributed by atoms with Gasteiger partial charge < -0.3 is 9.64 Å². The summed E-state index contributed by atoms with van der Waals surface area (Å²) in [5.74, 6) is 0. The van der Waals surface area contributed by atoms with Gasteiger partial charge in [-0.15, -0.1) is 0 Å². The van der Waals surface area contributed by atoms with Crippen LogP contribution < -0.4 is 4.90 Å². The molecule has 0 amide bonds. The third kappa shape index (κ3) is 2.57. The molecule has 0 aliphatic carbocycles. The van der Waals surface area contributed by atoms with Gasteiger partial charge in [0.1, 0.15) is 0 Å².